The fourth-order valence-corrected chi connectivity index (χ4v) is 2.95. The van der Waals surface area contributed by atoms with Crippen LogP contribution in [0.5, 0.6) is 5.75 Å². The van der Waals surface area contributed by atoms with Crippen LogP contribution in [-0.2, 0) is 4.74 Å². The van der Waals surface area contributed by atoms with Crippen LogP contribution >= 0.6 is 0 Å². The second-order valence-corrected chi connectivity index (χ2v) is 5.45. The van der Waals surface area contributed by atoms with Crippen molar-refractivity contribution in [1.29, 1.82) is 0 Å². The molecule has 4 atom stereocenters. The van der Waals surface area contributed by atoms with E-state index in [0.717, 1.165) is 18.3 Å². The first kappa shape index (κ1) is 12.7. The largest absolute Gasteiger partial charge is 0.491 e. The van der Waals surface area contributed by atoms with Crippen molar-refractivity contribution in [3.05, 3.63) is 42.5 Å². The molecule has 3 rings (SSSR count). The lowest BCUT2D eigenvalue weighted by Crippen LogP contribution is -2.19. The Morgan fingerprint density at radius 1 is 1.32 bits per heavy atom. The molecule has 1 aliphatic carbocycles. The molecule has 1 saturated carbocycles. The summed E-state index contributed by atoms with van der Waals surface area (Å²) in [6.07, 6.45) is 6.15. The predicted molar refractivity (Wildman–Crippen MR) is 73.0 cm³/mol. The van der Waals surface area contributed by atoms with Crippen molar-refractivity contribution in [1.82, 2.24) is 0 Å². The zero-order valence-corrected chi connectivity index (χ0v) is 10.9. The van der Waals surface area contributed by atoms with Crippen LogP contribution in [0.15, 0.2) is 42.5 Å². The van der Waals surface area contributed by atoms with E-state index in [9.17, 15) is 5.11 Å². The van der Waals surface area contributed by atoms with Crippen molar-refractivity contribution in [2.75, 3.05) is 13.2 Å². The SMILES string of the molecule is OC(C=CC1CC2COC1C2)COc1ccccc1. The zero-order valence-electron chi connectivity index (χ0n) is 10.9. The maximum absolute atomic E-state index is 9.89. The summed E-state index contributed by atoms with van der Waals surface area (Å²) in [5.74, 6) is 2.00. The Labute approximate surface area is 113 Å². The molecule has 0 radical (unpaired) electrons. The van der Waals surface area contributed by atoms with Crippen LogP contribution in [0.2, 0.25) is 0 Å². The third-order valence-corrected chi connectivity index (χ3v) is 3.94. The third kappa shape index (κ3) is 3.17. The van der Waals surface area contributed by atoms with Crippen LogP contribution in [0.1, 0.15) is 12.8 Å². The minimum absolute atomic E-state index is 0.294. The second kappa shape index (κ2) is 5.76. The van der Waals surface area contributed by atoms with Crippen LogP contribution in [0.4, 0.5) is 0 Å². The molecule has 3 nitrogen and oxygen atoms in total. The average Bonchev–Trinajstić information content (AvgIpc) is 3.06. The normalized spacial score (nSPS) is 30.9. The van der Waals surface area contributed by atoms with E-state index in [2.05, 4.69) is 6.08 Å². The molecule has 1 aromatic rings. The van der Waals surface area contributed by atoms with E-state index in [1.165, 1.54) is 12.8 Å². The quantitative estimate of drug-likeness (QED) is 0.826. The molecule has 1 aliphatic heterocycles. The van der Waals surface area contributed by atoms with Gasteiger partial charge in [-0.05, 0) is 30.9 Å². The number of hydrogen-bond donors (Lipinski definition) is 1. The van der Waals surface area contributed by atoms with Crippen molar-refractivity contribution in [2.45, 2.75) is 25.0 Å². The van der Waals surface area contributed by atoms with Crippen molar-refractivity contribution < 1.29 is 14.6 Å². The molecule has 0 aromatic heterocycles. The molecule has 0 spiro atoms. The van der Waals surface area contributed by atoms with Gasteiger partial charge in [-0.3, -0.25) is 0 Å². The number of ether oxygens (including phenoxy) is 2. The van der Waals surface area contributed by atoms with Crippen LogP contribution < -0.4 is 4.74 Å². The van der Waals surface area contributed by atoms with Crippen molar-refractivity contribution in [2.24, 2.45) is 11.8 Å². The van der Waals surface area contributed by atoms with Crippen molar-refractivity contribution >= 4 is 0 Å². The van der Waals surface area contributed by atoms with Gasteiger partial charge in [0.1, 0.15) is 18.5 Å². The Hall–Kier alpha value is -1.32. The van der Waals surface area contributed by atoms with E-state index in [0.29, 0.717) is 18.6 Å². The summed E-state index contributed by atoms with van der Waals surface area (Å²) in [7, 11) is 0. The van der Waals surface area contributed by atoms with E-state index >= 15 is 0 Å². The van der Waals surface area contributed by atoms with Gasteiger partial charge in [-0.15, -0.1) is 0 Å². The summed E-state index contributed by atoms with van der Waals surface area (Å²) in [5, 5.41) is 9.89. The van der Waals surface area contributed by atoms with Crippen LogP contribution in [0.3, 0.4) is 0 Å². The summed E-state index contributed by atoms with van der Waals surface area (Å²) in [6, 6.07) is 9.56. The molecule has 4 unspecified atom stereocenters. The van der Waals surface area contributed by atoms with Gasteiger partial charge in [-0.25, -0.2) is 0 Å². The average molecular weight is 260 g/mol. The third-order valence-electron chi connectivity index (χ3n) is 3.94. The summed E-state index contributed by atoms with van der Waals surface area (Å²) in [5.41, 5.74) is 0. The molecule has 1 saturated heterocycles. The zero-order chi connectivity index (χ0) is 13.1. The van der Waals surface area contributed by atoms with E-state index in [-0.39, 0.29) is 0 Å². The number of aliphatic hydroxyl groups is 1. The Morgan fingerprint density at radius 3 is 2.84 bits per heavy atom. The van der Waals surface area contributed by atoms with E-state index < -0.39 is 6.10 Å². The highest BCUT2D eigenvalue weighted by Gasteiger charge is 2.39. The van der Waals surface area contributed by atoms with Gasteiger partial charge in [0.25, 0.3) is 0 Å². The van der Waals surface area contributed by atoms with Gasteiger partial charge in [0, 0.05) is 12.5 Å². The van der Waals surface area contributed by atoms with Gasteiger partial charge >= 0.3 is 0 Å². The lowest BCUT2D eigenvalue weighted by molar-refractivity contribution is 0.0501. The van der Waals surface area contributed by atoms with Gasteiger partial charge in [-0.1, -0.05) is 30.4 Å². The first-order valence-electron chi connectivity index (χ1n) is 6.97. The summed E-state index contributed by atoms with van der Waals surface area (Å²) >= 11 is 0. The fraction of sp³-hybridized carbons (Fsp3) is 0.500. The highest BCUT2D eigenvalue weighted by Crippen LogP contribution is 2.40. The van der Waals surface area contributed by atoms with Gasteiger partial charge < -0.3 is 14.6 Å². The molecule has 2 fully saturated rings. The van der Waals surface area contributed by atoms with E-state index in [4.69, 9.17) is 9.47 Å². The Bertz CT molecular complexity index is 429. The number of benzene rings is 1. The molecular formula is C16H20O3. The van der Waals surface area contributed by atoms with Gasteiger partial charge in [0.15, 0.2) is 0 Å². The molecular weight excluding hydrogens is 240 g/mol. The molecule has 19 heavy (non-hydrogen) atoms. The van der Waals surface area contributed by atoms with Crippen molar-refractivity contribution in [3.63, 3.8) is 0 Å². The second-order valence-electron chi connectivity index (χ2n) is 5.45. The summed E-state index contributed by atoms with van der Waals surface area (Å²) in [6.45, 7) is 1.22. The summed E-state index contributed by atoms with van der Waals surface area (Å²) in [4.78, 5) is 0. The first-order valence-corrected chi connectivity index (χ1v) is 6.97. The van der Waals surface area contributed by atoms with Crippen LogP contribution in [-0.4, -0.2) is 30.5 Å². The number of fused-ring (bicyclic) bond motifs is 2. The number of para-hydroxylation sites is 1. The molecule has 1 N–H and O–H groups in total. The predicted octanol–water partition coefficient (Wildman–Crippen LogP) is 2.41. The summed E-state index contributed by atoms with van der Waals surface area (Å²) < 4.78 is 11.2. The molecule has 102 valence electrons. The highest BCUT2D eigenvalue weighted by molar-refractivity contribution is 5.21. The monoisotopic (exact) mass is 260 g/mol. The molecule has 2 bridgehead atoms. The minimum Gasteiger partial charge on any atom is -0.491 e. The van der Waals surface area contributed by atoms with Crippen LogP contribution in [0, 0.1) is 11.8 Å². The fourth-order valence-electron chi connectivity index (χ4n) is 2.95. The molecule has 2 aliphatic rings. The number of aliphatic hydroxyl groups excluding tert-OH is 1. The molecule has 1 heterocycles. The molecule has 1 aromatic carbocycles. The van der Waals surface area contributed by atoms with Gasteiger partial charge in [0.05, 0.1) is 6.10 Å². The lowest BCUT2D eigenvalue weighted by Gasteiger charge is -2.19. The van der Waals surface area contributed by atoms with E-state index in [1.807, 2.05) is 36.4 Å². The molecule has 3 heteroatoms. The highest BCUT2D eigenvalue weighted by atomic mass is 16.5. The van der Waals surface area contributed by atoms with Crippen molar-refractivity contribution in [3.8, 4) is 5.75 Å². The molecule has 0 amide bonds. The Kier molecular flexibility index (Phi) is 3.85. The van der Waals surface area contributed by atoms with Crippen LogP contribution in [0.25, 0.3) is 0 Å². The van der Waals surface area contributed by atoms with E-state index in [1.54, 1.807) is 0 Å². The smallest absolute Gasteiger partial charge is 0.119 e. The Balaban J connectivity index is 1.45. The van der Waals surface area contributed by atoms with Gasteiger partial charge in [0.2, 0.25) is 0 Å². The minimum atomic E-state index is -0.556. The number of hydrogen-bond acceptors (Lipinski definition) is 3. The topological polar surface area (TPSA) is 38.7 Å². The lowest BCUT2D eigenvalue weighted by atomic mass is 10.0. The Morgan fingerprint density at radius 2 is 2.16 bits per heavy atom. The maximum atomic E-state index is 9.89. The standard InChI is InChI=1S/C16H20O3/c17-14(11-18-15-4-2-1-3-5-15)7-6-13-8-12-9-16(13)19-10-12/h1-7,12-14,16-17H,8-11H2. The number of rotatable bonds is 5. The first-order chi connectivity index (χ1) is 9.31. The van der Waals surface area contributed by atoms with Gasteiger partial charge in [-0.2, -0.15) is 0 Å². The maximum Gasteiger partial charge on any atom is 0.119 e.